The second-order valence-electron chi connectivity index (χ2n) is 3.08. The molecule has 1 rings (SSSR count). The van der Waals surface area contributed by atoms with E-state index in [0.29, 0.717) is 5.56 Å². The predicted molar refractivity (Wildman–Crippen MR) is 65.8 cm³/mol. The Kier molecular flexibility index (Phi) is 5.79. The summed E-state index contributed by atoms with van der Waals surface area (Å²) in [5, 5.41) is 0. The number of hydrogen-bond donors (Lipinski definition) is 1. The summed E-state index contributed by atoms with van der Waals surface area (Å²) in [5.74, 6) is -0.379. The third-order valence-electron chi connectivity index (χ3n) is 2.28. The molecule has 15 heavy (non-hydrogen) atoms. The van der Waals surface area contributed by atoms with Crippen molar-refractivity contribution in [2.75, 3.05) is 18.0 Å². The smallest absolute Gasteiger partial charge is 0.248 e. The topological polar surface area (TPSA) is 46.3 Å². The summed E-state index contributed by atoms with van der Waals surface area (Å²) in [4.78, 5) is 13.0. The van der Waals surface area contributed by atoms with Gasteiger partial charge in [-0.3, -0.25) is 4.79 Å². The van der Waals surface area contributed by atoms with E-state index in [1.54, 1.807) is 12.1 Å². The fraction of sp³-hybridized carbons (Fsp3) is 0.364. The quantitative estimate of drug-likeness (QED) is 0.858. The lowest BCUT2D eigenvalue weighted by molar-refractivity contribution is 0.100. The third kappa shape index (κ3) is 3.44. The van der Waals surface area contributed by atoms with Gasteiger partial charge in [-0.15, -0.1) is 12.4 Å². The Bertz CT molecular complexity index is 307. The minimum absolute atomic E-state index is 0. The third-order valence-corrected chi connectivity index (χ3v) is 2.28. The molecule has 1 amide bonds. The maximum absolute atomic E-state index is 10.8. The van der Waals surface area contributed by atoms with Crippen molar-refractivity contribution in [3.05, 3.63) is 29.8 Å². The van der Waals surface area contributed by atoms with Crippen LogP contribution in [0.1, 0.15) is 24.2 Å². The zero-order valence-electron chi connectivity index (χ0n) is 9.06. The van der Waals surface area contributed by atoms with Gasteiger partial charge in [-0.1, -0.05) is 0 Å². The van der Waals surface area contributed by atoms with Gasteiger partial charge >= 0.3 is 0 Å². The molecular weight excluding hydrogens is 212 g/mol. The van der Waals surface area contributed by atoms with Gasteiger partial charge in [0.1, 0.15) is 0 Å². The molecule has 3 nitrogen and oxygen atoms in total. The highest BCUT2D eigenvalue weighted by Crippen LogP contribution is 2.14. The normalized spacial score (nSPS) is 9.20. The second kappa shape index (κ2) is 6.30. The highest BCUT2D eigenvalue weighted by molar-refractivity contribution is 5.93. The first kappa shape index (κ1) is 13.8. The highest BCUT2D eigenvalue weighted by atomic mass is 35.5. The van der Waals surface area contributed by atoms with E-state index in [9.17, 15) is 4.79 Å². The number of benzene rings is 1. The number of nitrogens with zero attached hydrogens (tertiary/aromatic N) is 1. The van der Waals surface area contributed by atoms with Gasteiger partial charge in [0, 0.05) is 24.3 Å². The molecule has 0 unspecified atom stereocenters. The van der Waals surface area contributed by atoms with Crippen LogP contribution in [0.3, 0.4) is 0 Å². The first-order valence-electron chi connectivity index (χ1n) is 4.83. The van der Waals surface area contributed by atoms with Gasteiger partial charge < -0.3 is 10.6 Å². The summed E-state index contributed by atoms with van der Waals surface area (Å²) in [7, 11) is 0. The zero-order chi connectivity index (χ0) is 10.6. The van der Waals surface area contributed by atoms with Crippen LogP contribution >= 0.6 is 12.4 Å². The standard InChI is InChI=1S/C11H16N2O.ClH/c1-3-13(4-2)10-7-5-9(6-8-10)11(12)14;/h5-8H,3-4H2,1-2H3,(H2,12,14);1H. The summed E-state index contributed by atoms with van der Waals surface area (Å²) in [5.41, 5.74) is 6.83. The largest absolute Gasteiger partial charge is 0.372 e. The summed E-state index contributed by atoms with van der Waals surface area (Å²) in [6.45, 7) is 6.13. The summed E-state index contributed by atoms with van der Waals surface area (Å²) < 4.78 is 0. The van der Waals surface area contributed by atoms with Crippen LogP contribution in [0.4, 0.5) is 5.69 Å². The average Bonchev–Trinajstić information content (AvgIpc) is 2.20. The number of carbonyl (C=O) groups excluding carboxylic acids is 1. The highest BCUT2D eigenvalue weighted by Gasteiger charge is 2.03. The molecule has 1 aromatic carbocycles. The van der Waals surface area contributed by atoms with Crippen molar-refractivity contribution in [1.29, 1.82) is 0 Å². The van der Waals surface area contributed by atoms with Crippen molar-refractivity contribution in [1.82, 2.24) is 0 Å². The Hall–Kier alpha value is -1.22. The van der Waals surface area contributed by atoms with Crippen molar-refractivity contribution in [2.24, 2.45) is 5.73 Å². The van der Waals surface area contributed by atoms with Gasteiger partial charge in [-0.25, -0.2) is 0 Å². The van der Waals surface area contributed by atoms with Crippen molar-refractivity contribution in [2.45, 2.75) is 13.8 Å². The maximum Gasteiger partial charge on any atom is 0.248 e. The Balaban J connectivity index is 0.00000196. The van der Waals surface area contributed by atoms with E-state index in [0.717, 1.165) is 18.8 Å². The summed E-state index contributed by atoms with van der Waals surface area (Å²) >= 11 is 0. The van der Waals surface area contributed by atoms with Gasteiger partial charge in [-0.2, -0.15) is 0 Å². The van der Waals surface area contributed by atoms with Crippen molar-refractivity contribution in [3.63, 3.8) is 0 Å². The minimum atomic E-state index is -0.379. The van der Waals surface area contributed by atoms with Crippen LogP contribution in [0.15, 0.2) is 24.3 Å². The minimum Gasteiger partial charge on any atom is -0.372 e. The van der Waals surface area contributed by atoms with Crippen LogP contribution in [0, 0.1) is 0 Å². The number of rotatable bonds is 4. The number of carbonyl (C=O) groups is 1. The van der Waals surface area contributed by atoms with Gasteiger partial charge in [0.2, 0.25) is 5.91 Å². The molecule has 0 aromatic heterocycles. The molecule has 0 heterocycles. The van der Waals surface area contributed by atoms with Crippen molar-refractivity contribution < 1.29 is 4.79 Å². The molecule has 4 heteroatoms. The van der Waals surface area contributed by atoms with E-state index in [2.05, 4.69) is 18.7 Å². The monoisotopic (exact) mass is 228 g/mol. The molecule has 0 bridgehead atoms. The van der Waals surface area contributed by atoms with Gasteiger partial charge in [-0.05, 0) is 38.1 Å². The van der Waals surface area contributed by atoms with E-state index in [4.69, 9.17) is 5.73 Å². The lowest BCUT2D eigenvalue weighted by Crippen LogP contribution is -2.21. The fourth-order valence-corrected chi connectivity index (χ4v) is 1.43. The van der Waals surface area contributed by atoms with Gasteiger partial charge in [0.05, 0.1) is 0 Å². The molecule has 0 aliphatic rings. The molecule has 84 valence electrons. The Morgan fingerprint density at radius 2 is 1.67 bits per heavy atom. The molecule has 0 saturated carbocycles. The molecule has 0 fully saturated rings. The molecule has 0 radical (unpaired) electrons. The van der Waals surface area contributed by atoms with E-state index in [-0.39, 0.29) is 18.3 Å². The molecule has 0 saturated heterocycles. The molecule has 1 aromatic rings. The Morgan fingerprint density at radius 1 is 1.20 bits per heavy atom. The average molecular weight is 229 g/mol. The molecule has 0 atom stereocenters. The SMILES string of the molecule is CCN(CC)c1ccc(C(N)=O)cc1.Cl. The second-order valence-corrected chi connectivity index (χ2v) is 3.08. The van der Waals surface area contributed by atoms with Crippen molar-refractivity contribution in [3.8, 4) is 0 Å². The van der Waals surface area contributed by atoms with Crippen LogP contribution in [-0.2, 0) is 0 Å². The molecule has 0 spiro atoms. The first-order valence-corrected chi connectivity index (χ1v) is 4.83. The molecule has 2 N–H and O–H groups in total. The Labute approximate surface area is 96.7 Å². The molecular formula is C11H17ClN2O. The van der Waals surface area contributed by atoms with Crippen LogP contribution < -0.4 is 10.6 Å². The predicted octanol–water partition coefficient (Wildman–Crippen LogP) is 2.05. The number of primary amides is 1. The van der Waals surface area contributed by atoms with Crippen LogP contribution in [0.25, 0.3) is 0 Å². The van der Waals surface area contributed by atoms with Gasteiger partial charge in [0.15, 0.2) is 0 Å². The number of hydrogen-bond acceptors (Lipinski definition) is 2. The zero-order valence-corrected chi connectivity index (χ0v) is 9.88. The maximum atomic E-state index is 10.8. The number of anilines is 1. The number of nitrogens with two attached hydrogens (primary N) is 1. The van der Waals surface area contributed by atoms with E-state index >= 15 is 0 Å². The molecule has 0 aliphatic carbocycles. The lowest BCUT2D eigenvalue weighted by atomic mass is 10.2. The van der Waals surface area contributed by atoms with Crippen LogP contribution in [-0.4, -0.2) is 19.0 Å². The van der Waals surface area contributed by atoms with Crippen LogP contribution in [0.5, 0.6) is 0 Å². The van der Waals surface area contributed by atoms with E-state index < -0.39 is 0 Å². The lowest BCUT2D eigenvalue weighted by Gasteiger charge is -2.20. The summed E-state index contributed by atoms with van der Waals surface area (Å²) in [6.07, 6.45) is 0. The molecule has 0 aliphatic heterocycles. The Morgan fingerprint density at radius 3 is 2.00 bits per heavy atom. The first-order chi connectivity index (χ1) is 6.69. The van der Waals surface area contributed by atoms with Crippen LogP contribution in [0.2, 0.25) is 0 Å². The fourth-order valence-electron chi connectivity index (χ4n) is 1.43. The number of amides is 1. The van der Waals surface area contributed by atoms with Crippen molar-refractivity contribution >= 4 is 24.0 Å². The van der Waals surface area contributed by atoms with E-state index in [1.165, 1.54) is 0 Å². The summed E-state index contributed by atoms with van der Waals surface area (Å²) in [6, 6.07) is 7.37. The van der Waals surface area contributed by atoms with E-state index in [1.807, 2.05) is 12.1 Å². The number of halogens is 1. The van der Waals surface area contributed by atoms with Gasteiger partial charge in [0.25, 0.3) is 0 Å².